The molecule has 0 atom stereocenters. The molecular formula is C23H31N7O2. The van der Waals surface area contributed by atoms with Gasteiger partial charge >= 0.3 is 0 Å². The van der Waals surface area contributed by atoms with Crippen LogP contribution in [-0.4, -0.2) is 51.5 Å². The van der Waals surface area contributed by atoms with Gasteiger partial charge in [-0.1, -0.05) is 6.92 Å². The molecule has 1 aromatic carbocycles. The highest BCUT2D eigenvalue weighted by Crippen LogP contribution is 2.27. The molecule has 1 fully saturated rings. The van der Waals surface area contributed by atoms with E-state index in [2.05, 4.69) is 15.3 Å². The summed E-state index contributed by atoms with van der Waals surface area (Å²) in [5, 5.41) is 20.1. The van der Waals surface area contributed by atoms with Crippen LogP contribution in [0.25, 0.3) is 0 Å². The summed E-state index contributed by atoms with van der Waals surface area (Å²) in [5.74, 6) is 1.67. The van der Waals surface area contributed by atoms with E-state index < -0.39 is 0 Å². The number of anilines is 2. The van der Waals surface area contributed by atoms with Crippen LogP contribution in [0, 0.1) is 17.7 Å². The highest BCUT2D eigenvalue weighted by Gasteiger charge is 2.24. The number of benzene rings is 1. The predicted molar refractivity (Wildman–Crippen MR) is 126 cm³/mol. The van der Waals surface area contributed by atoms with Gasteiger partial charge in [-0.3, -0.25) is 15.6 Å². The standard InChI is InChI=1S/C23H31N7O2/c1-4-5-19(24)32-18-7-6-16(12-14(18)2)21(25)20-22(26)27-13-28-23(20)29-17-8-10-30(11-9-17)15(3)31/h6-7,12-13,17,24-25H,4-5,8-11H2,1-3H3,(H3,26,27,28,29). The number of nitrogens with zero attached hydrogens (tertiary/aromatic N) is 3. The summed E-state index contributed by atoms with van der Waals surface area (Å²) >= 11 is 0. The van der Waals surface area contributed by atoms with E-state index in [0.717, 1.165) is 24.8 Å². The number of carbonyl (C=O) groups excluding carboxylic acids is 1. The number of amides is 1. The van der Waals surface area contributed by atoms with Crippen molar-refractivity contribution in [2.24, 2.45) is 0 Å². The molecule has 1 aliphatic rings. The Kier molecular flexibility index (Phi) is 7.40. The van der Waals surface area contributed by atoms with Crippen LogP contribution < -0.4 is 15.8 Å². The van der Waals surface area contributed by atoms with E-state index in [9.17, 15) is 4.79 Å². The average molecular weight is 438 g/mol. The van der Waals surface area contributed by atoms with E-state index in [0.29, 0.717) is 42.2 Å². The summed E-state index contributed by atoms with van der Waals surface area (Å²) in [7, 11) is 0. The predicted octanol–water partition coefficient (Wildman–Crippen LogP) is 3.36. The summed E-state index contributed by atoms with van der Waals surface area (Å²) in [4.78, 5) is 21.9. The minimum atomic E-state index is 0.0878. The number of hydrogen-bond donors (Lipinski definition) is 4. The minimum Gasteiger partial charge on any atom is -0.443 e. The van der Waals surface area contributed by atoms with E-state index >= 15 is 0 Å². The molecule has 1 amide bonds. The maximum absolute atomic E-state index is 11.6. The van der Waals surface area contributed by atoms with Crippen molar-refractivity contribution in [1.29, 1.82) is 10.8 Å². The number of nitrogens with two attached hydrogens (primary N) is 1. The summed E-state index contributed by atoms with van der Waals surface area (Å²) in [6.07, 6.45) is 4.41. The van der Waals surface area contributed by atoms with Gasteiger partial charge in [-0.05, 0) is 49.9 Å². The molecule has 0 radical (unpaired) electrons. The molecule has 3 rings (SSSR count). The normalized spacial score (nSPS) is 14.2. The number of hydrogen-bond acceptors (Lipinski definition) is 8. The van der Waals surface area contributed by atoms with Gasteiger partial charge in [0.25, 0.3) is 0 Å². The number of aromatic nitrogens is 2. The van der Waals surface area contributed by atoms with Gasteiger partial charge in [0.2, 0.25) is 5.91 Å². The van der Waals surface area contributed by atoms with E-state index in [4.69, 9.17) is 21.3 Å². The Labute approximate surface area is 188 Å². The molecule has 0 bridgehead atoms. The van der Waals surface area contributed by atoms with Crippen molar-refractivity contribution in [2.75, 3.05) is 24.1 Å². The van der Waals surface area contributed by atoms with Crippen LogP contribution in [0.1, 0.15) is 56.2 Å². The highest BCUT2D eigenvalue weighted by atomic mass is 16.5. The zero-order chi connectivity index (χ0) is 23.3. The number of rotatable bonds is 7. The Morgan fingerprint density at radius 1 is 1.28 bits per heavy atom. The SMILES string of the molecule is CCCC(=N)Oc1ccc(C(=N)c2c(N)ncnc2NC2CCN(C(C)=O)CC2)cc1C. The smallest absolute Gasteiger partial charge is 0.219 e. The molecule has 0 saturated carbocycles. The summed E-state index contributed by atoms with van der Waals surface area (Å²) in [6.45, 7) is 6.85. The summed E-state index contributed by atoms with van der Waals surface area (Å²) in [6, 6.07) is 5.53. The molecule has 32 heavy (non-hydrogen) atoms. The molecule has 1 aromatic heterocycles. The van der Waals surface area contributed by atoms with Crippen LogP contribution >= 0.6 is 0 Å². The van der Waals surface area contributed by atoms with Crippen molar-refractivity contribution in [3.63, 3.8) is 0 Å². The zero-order valence-corrected chi connectivity index (χ0v) is 18.9. The third kappa shape index (κ3) is 5.40. The molecule has 2 aromatic rings. The van der Waals surface area contributed by atoms with Gasteiger partial charge in [0.1, 0.15) is 23.7 Å². The molecule has 1 aliphatic heterocycles. The van der Waals surface area contributed by atoms with Gasteiger partial charge in [0.15, 0.2) is 5.90 Å². The summed E-state index contributed by atoms with van der Waals surface area (Å²) < 4.78 is 5.62. The van der Waals surface area contributed by atoms with Crippen LogP contribution in [0.4, 0.5) is 11.6 Å². The first kappa shape index (κ1) is 23.2. The number of carbonyl (C=O) groups is 1. The molecule has 5 N–H and O–H groups in total. The third-order valence-corrected chi connectivity index (χ3v) is 5.58. The van der Waals surface area contributed by atoms with Crippen LogP contribution in [0.15, 0.2) is 24.5 Å². The topological polar surface area (TPSA) is 141 Å². The van der Waals surface area contributed by atoms with E-state index in [1.54, 1.807) is 19.1 Å². The number of likely N-dealkylation sites (tertiary alicyclic amines) is 1. The highest BCUT2D eigenvalue weighted by molar-refractivity contribution is 6.16. The van der Waals surface area contributed by atoms with Crippen LogP contribution in [0.5, 0.6) is 5.75 Å². The Bertz CT molecular complexity index is 1010. The Balaban J connectivity index is 1.79. The van der Waals surface area contributed by atoms with Crippen molar-refractivity contribution in [3.8, 4) is 5.75 Å². The molecule has 170 valence electrons. The van der Waals surface area contributed by atoms with Gasteiger partial charge in [-0.15, -0.1) is 0 Å². The van der Waals surface area contributed by atoms with Gasteiger partial charge in [-0.25, -0.2) is 9.97 Å². The fraction of sp³-hybridized carbons (Fsp3) is 0.435. The van der Waals surface area contributed by atoms with Crippen molar-refractivity contribution in [2.45, 2.75) is 52.5 Å². The average Bonchev–Trinajstić information content (AvgIpc) is 2.75. The van der Waals surface area contributed by atoms with E-state index in [1.165, 1.54) is 6.33 Å². The molecule has 1 saturated heterocycles. The first-order chi connectivity index (χ1) is 15.3. The van der Waals surface area contributed by atoms with Crippen LogP contribution in [0.2, 0.25) is 0 Å². The fourth-order valence-corrected chi connectivity index (χ4v) is 3.76. The Morgan fingerprint density at radius 2 is 2.00 bits per heavy atom. The van der Waals surface area contributed by atoms with Crippen molar-refractivity contribution >= 4 is 29.2 Å². The fourth-order valence-electron chi connectivity index (χ4n) is 3.76. The lowest BCUT2D eigenvalue weighted by Gasteiger charge is -2.32. The number of aryl methyl sites for hydroxylation is 1. The lowest BCUT2D eigenvalue weighted by molar-refractivity contribution is -0.129. The number of piperidine rings is 1. The van der Waals surface area contributed by atoms with Crippen molar-refractivity contribution in [1.82, 2.24) is 14.9 Å². The van der Waals surface area contributed by atoms with E-state index in [-0.39, 0.29) is 29.4 Å². The molecule has 0 aliphatic carbocycles. The quantitative estimate of drug-likeness (QED) is 0.387. The van der Waals surface area contributed by atoms with Crippen molar-refractivity contribution < 1.29 is 9.53 Å². The zero-order valence-electron chi connectivity index (χ0n) is 18.9. The second kappa shape index (κ2) is 10.2. The Hall–Kier alpha value is -3.49. The number of nitrogen functional groups attached to an aromatic ring is 1. The number of ether oxygens (including phenoxy) is 1. The largest absolute Gasteiger partial charge is 0.443 e. The number of nitrogens with one attached hydrogen (secondary N) is 3. The maximum atomic E-state index is 11.6. The molecular weight excluding hydrogens is 406 g/mol. The molecule has 9 nitrogen and oxygen atoms in total. The van der Waals surface area contributed by atoms with Gasteiger partial charge in [-0.2, -0.15) is 0 Å². The lowest BCUT2D eigenvalue weighted by Crippen LogP contribution is -2.41. The second-order valence-corrected chi connectivity index (χ2v) is 8.04. The lowest BCUT2D eigenvalue weighted by atomic mass is 9.99. The molecule has 0 unspecified atom stereocenters. The van der Waals surface area contributed by atoms with Gasteiger partial charge in [0, 0.05) is 38.0 Å². The second-order valence-electron chi connectivity index (χ2n) is 8.04. The molecule has 9 heteroatoms. The third-order valence-electron chi connectivity index (χ3n) is 5.58. The van der Waals surface area contributed by atoms with Gasteiger partial charge < -0.3 is 20.7 Å². The molecule has 2 heterocycles. The van der Waals surface area contributed by atoms with Crippen molar-refractivity contribution in [3.05, 3.63) is 41.2 Å². The Morgan fingerprint density at radius 3 is 2.62 bits per heavy atom. The van der Waals surface area contributed by atoms with Gasteiger partial charge in [0.05, 0.1) is 11.3 Å². The van der Waals surface area contributed by atoms with Crippen LogP contribution in [0.3, 0.4) is 0 Å². The first-order valence-corrected chi connectivity index (χ1v) is 10.9. The van der Waals surface area contributed by atoms with E-state index in [1.807, 2.05) is 24.8 Å². The minimum absolute atomic E-state index is 0.0878. The monoisotopic (exact) mass is 437 g/mol. The van der Waals surface area contributed by atoms with Crippen LogP contribution in [-0.2, 0) is 4.79 Å². The molecule has 0 spiro atoms. The first-order valence-electron chi connectivity index (χ1n) is 10.9. The summed E-state index contributed by atoms with van der Waals surface area (Å²) in [5.41, 5.74) is 8.31. The maximum Gasteiger partial charge on any atom is 0.219 e.